The van der Waals surface area contributed by atoms with Crippen LogP contribution < -0.4 is 10.1 Å². The highest BCUT2D eigenvalue weighted by Crippen LogP contribution is 2.24. The number of methoxy groups -OCH3 is 1. The molecule has 4 heteroatoms. The van der Waals surface area contributed by atoms with Gasteiger partial charge in [-0.25, -0.2) is 4.39 Å². The van der Waals surface area contributed by atoms with E-state index in [1.54, 1.807) is 13.2 Å². The molecule has 1 atom stereocenters. The summed E-state index contributed by atoms with van der Waals surface area (Å²) in [6, 6.07) is 13.4. The van der Waals surface area contributed by atoms with Crippen molar-refractivity contribution in [2.75, 3.05) is 21.2 Å². The van der Waals surface area contributed by atoms with E-state index < -0.39 is 0 Å². The maximum Gasteiger partial charge on any atom is 0.127 e. The van der Waals surface area contributed by atoms with Gasteiger partial charge in [0.25, 0.3) is 0 Å². The molecule has 0 aliphatic heterocycles. The van der Waals surface area contributed by atoms with Crippen molar-refractivity contribution in [3.8, 4) is 5.75 Å². The summed E-state index contributed by atoms with van der Waals surface area (Å²) in [7, 11) is 5.56. The molecule has 3 nitrogen and oxygen atoms in total. The fraction of sp³-hybridized carbons (Fsp3) is 0.368. The molecule has 0 radical (unpaired) electrons. The van der Waals surface area contributed by atoms with Crippen molar-refractivity contribution < 1.29 is 9.13 Å². The SMILES string of the molecule is COc1ccccc1[C@H](C)NCc1ccc(F)c(CN(C)C)c1. The minimum absolute atomic E-state index is 0.147. The quantitative estimate of drug-likeness (QED) is 0.842. The van der Waals surface area contributed by atoms with Crippen molar-refractivity contribution in [3.63, 3.8) is 0 Å². The van der Waals surface area contributed by atoms with Crippen molar-refractivity contribution in [1.29, 1.82) is 0 Å². The number of para-hydroxylation sites is 1. The van der Waals surface area contributed by atoms with Gasteiger partial charge in [-0.3, -0.25) is 0 Å². The first kappa shape index (κ1) is 17.4. The Bertz CT molecular complexity index is 643. The average Bonchev–Trinajstić information content (AvgIpc) is 2.54. The average molecular weight is 316 g/mol. The summed E-state index contributed by atoms with van der Waals surface area (Å²) in [6.07, 6.45) is 0. The predicted octanol–water partition coefficient (Wildman–Crippen LogP) is 3.75. The van der Waals surface area contributed by atoms with Gasteiger partial charge in [0.05, 0.1) is 7.11 Å². The lowest BCUT2D eigenvalue weighted by molar-refractivity contribution is 0.392. The van der Waals surface area contributed by atoms with Crippen LogP contribution in [-0.4, -0.2) is 26.1 Å². The van der Waals surface area contributed by atoms with Crippen LogP contribution in [-0.2, 0) is 13.1 Å². The first-order valence-electron chi connectivity index (χ1n) is 7.79. The summed E-state index contributed by atoms with van der Waals surface area (Å²) in [5.41, 5.74) is 2.91. The Morgan fingerprint density at radius 2 is 1.91 bits per heavy atom. The molecule has 0 aromatic heterocycles. The largest absolute Gasteiger partial charge is 0.496 e. The zero-order valence-corrected chi connectivity index (χ0v) is 14.3. The Morgan fingerprint density at radius 3 is 2.61 bits per heavy atom. The summed E-state index contributed by atoms with van der Waals surface area (Å²) in [4.78, 5) is 1.97. The summed E-state index contributed by atoms with van der Waals surface area (Å²) < 4.78 is 19.2. The second-order valence-electron chi connectivity index (χ2n) is 6.01. The Hall–Kier alpha value is -1.91. The maximum absolute atomic E-state index is 13.8. The van der Waals surface area contributed by atoms with E-state index in [0.717, 1.165) is 22.4 Å². The van der Waals surface area contributed by atoms with Crippen LogP contribution in [0.15, 0.2) is 42.5 Å². The lowest BCUT2D eigenvalue weighted by atomic mass is 10.1. The van der Waals surface area contributed by atoms with Crippen molar-refractivity contribution in [2.24, 2.45) is 0 Å². The smallest absolute Gasteiger partial charge is 0.127 e. The minimum Gasteiger partial charge on any atom is -0.496 e. The van der Waals surface area contributed by atoms with Gasteiger partial charge in [-0.05, 0) is 38.7 Å². The standard InChI is InChI=1S/C19H25FN2O/c1-14(17-7-5-6-8-19(17)23-4)21-12-15-9-10-18(20)16(11-15)13-22(2)3/h5-11,14,21H,12-13H2,1-4H3/t14-/m0/s1. The van der Waals surface area contributed by atoms with Gasteiger partial charge in [0.2, 0.25) is 0 Å². The Kier molecular flexibility index (Phi) is 6.13. The van der Waals surface area contributed by atoms with Gasteiger partial charge in [0, 0.05) is 30.3 Å². The molecule has 2 aromatic carbocycles. The first-order valence-corrected chi connectivity index (χ1v) is 7.79. The second kappa shape index (κ2) is 8.09. The molecule has 23 heavy (non-hydrogen) atoms. The molecule has 0 unspecified atom stereocenters. The minimum atomic E-state index is -0.153. The number of benzene rings is 2. The van der Waals surface area contributed by atoms with Gasteiger partial charge < -0.3 is 15.0 Å². The van der Waals surface area contributed by atoms with Gasteiger partial charge in [0.1, 0.15) is 11.6 Å². The van der Waals surface area contributed by atoms with Gasteiger partial charge in [-0.2, -0.15) is 0 Å². The van der Waals surface area contributed by atoms with Crippen LogP contribution in [0.3, 0.4) is 0 Å². The van der Waals surface area contributed by atoms with Crippen LogP contribution in [0.4, 0.5) is 4.39 Å². The monoisotopic (exact) mass is 316 g/mol. The van der Waals surface area contributed by atoms with Crippen LogP contribution >= 0.6 is 0 Å². The zero-order chi connectivity index (χ0) is 16.8. The lowest BCUT2D eigenvalue weighted by Crippen LogP contribution is -2.19. The second-order valence-corrected chi connectivity index (χ2v) is 6.01. The molecule has 0 saturated heterocycles. The highest BCUT2D eigenvalue weighted by atomic mass is 19.1. The molecule has 0 saturated carbocycles. The Morgan fingerprint density at radius 1 is 1.17 bits per heavy atom. The molecule has 2 aromatic rings. The van der Waals surface area contributed by atoms with E-state index in [-0.39, 0.29) is 11.9 Å². The molecule has 0 heterocycles. The number of hydrogen-bond acceptors (Lipinski definition) is 3. The Balaban J connectivity index is 2.05. The summed E-state index contributed by atoms with van der Waals surface area (Å²) in [5.74, 6) is 0.722. The van der Waals surface area contributed by atoms with E-state index >= 15 is 0 Å². The summed E-state index contributed by atoms with van der Waals surface area (Å²) in [6.45, 7) is 3.38. The number of nitrogens with zero attached hydrogens (tertiary/aromatic N) is 1. The number of hydrogen-bond donors (Lipinski definition) is 1. The molecule has 0 aliphatic carbocycles. The molecule has 0 bridgehead atoms. The normalized spacial score (nSPS) is 12.4. The number of rotatable bonds is 7. The van der Waals surface area contributed by atoms with Crippen LogP contribution in [0.5, 0.6) is 5.75 Å². The molecule has 0 spiro atoms. The number of halogens is 1. The topological polar surface area (TPSA) is 24.5 Å². The van der Waals surface area contributed by atoms with E-state index in [1.807, 2.05) is 49.3 Å². The first-order chi connectivity index (χ1) is 11.0. The predicted molar refractivity (Wildman–Crippen MR) is 92.0 cm³/mol. The lowest BCUT2D eigenvalue weighted by Gasteiger charge is -2.18. The molecule has 124 valence electrons. The van der Waals surface area contributed by atoms with E-state index in [0.29, 0.717) is 13.1 Å². The van der Waals surface area contributed by atoms with Crippen molar-refractivity contribution in [1.82, 2.24) is 10.2 Å². The molecular formula is C19H25FN2O. The van der Waals surface area contributed by atoms with Gasteiger partial charge >= 0.3 is 0 Å². The van der Waals surface area contributed by atoms with Gasteiger partial charge in [-0.1, -0.05) is 30.3 Å². The number of ether oxygens (including phenoxy) is 1. The summed E-state index contributed by atoms with van der Waals surface area (Å²) >= 11 is 0. The van der Waals surface area contributed by atoms with E-state index in [9.17, 15) is 4.39 Å². The third-order valence-electron chi connectivity index (χ3n) is 3.81. The third kappa shape index (κ3) is 4.78. The fourth-order valence-corrected chi connectivity index (χ4v) is 2.60. The van der Waals surface area contributed by atoms with Crippen molar-refractivity contribution in [3.05, 3.63) is 65.0 Å². The third-order valence-corrected chi connectivity index (χ3v) is 3.81. The fourth-order valence-electron chi connectivity index (χ4n) is 2.60. The van der Waals surface area contributed by atoms with Gasteiger partial charge in [0.15, 0.2) is 0 Å². The highest BCUT2D eigenvalue weighted by Gasteiger charge is 2.11. The van der Waals surface area contributed by atoms with E-state index in [1.165, 1.54) is 0 Å². The molecule has 0 fully saturated rings. The highest BCUT2D eigenvalue weighted by molar-refractivity contribution is 5.35. The molecule has 1 N–H and O–H groups in total. The summed E-state index contributed by atoms with van der Waals surface area (Å²) in [5, 5.41) is 3.47. The zero-order valence-electron chi connectivity index (χ0n) is 14.3. The van der Waals surface area contributed by atoms with Crippen LogP contribution in [0.25, 0.3) is 0 Å². The maximum atomic E-state index is 13.8. The molecular weight excluding hydrogens is 291 g/mol. The van der Waals surface area contributed by atoms with Crippen molar-refractivity contribution >= 4 is 0 Å². The van der Waals surface area contributed by atoms with E-state index in [2.05, 4.69) is 18.3 Å². The Labute approximate surface area is 138 Å². The number of nitrogens with one attached hydrogen (secondary N) is 1. The van der Waals surface area contributed by atoms with Crippen LogP contribution in [0.2, 0.25) is 0 Å². The van der Waals surface area contributed by atoms with Gasteiger partial charge in [-0.15, -0.1) is 0 Å². The molecule has 0 aliphatic rings. The van der Waals surface area contributed by atoms with Crippen LogP contribution in [0, 0.1) is 5.82 Å². The van der Waals surface area contributed by atoms with Crippen LogP contribution in [0.1, 0.15) is 29.7 Å². The van der Waals surface area contributed by atoms with Crippen molar-refractivity contribution in [2.45, 2.75) is 26.1 Å². The molecule has 0 amide bonds. The van der Waals surface area contributed by atoms with E-state index in [4.69, 9.17) is 4.74 Å². The molecule has 2 rings (SSSR count).